The van der Waals surface area contributed by atoms with Crippen molar-refractivity contribution in [3.63, 3.8) is 0 Å². The summed E-state index contributed by atoms with van der Waals surface area (Å²) in [7, 11) is 2.13. The summed E-state index contributed by atoms with van der Waals surface area (Å²) in [6.07, 6.45) is 4.21. The summed E-state index contributed by atoms with van der Waals surface area (Å²) in [5, 5.41) is 12.4. The molecule has 2 N–H and O–H groups in total. The van der Waals surface area contributed by atoms with Crippen LogP contribution in [0, 0.1) is 0 Å². The van der Waals surface area contributed by atoms with Gasteiger partial charge in [-0.2, -0.15) is 0 Å². The van der Waals surface area contributed by atoms with Crippen LogP contribution in [0.15, 0.2) is 0 Å². The largest absolute Gasteiger partial charge is 0.480 e. The van der Waals surface area contributed by atoms with E-state index in [1.54, 1.807) is 6.92 Å². The summed E-state index contributed by atoms with van der Waals surface area (Å²) < 4.78 is 0. The number of aliphatic carboxylic acids is 1. The van der Waals surface area contributed by atoms with Crippen molar-refractivity contribution in [3.05, 3.63) is 0 Å². The maximum Gasteiger partial charge on any atom is 0.323 e. The Hall–Kier alpha value is -0.610. The summed E-state index contributed by atoms with van der Waals surface area (Å²) in [4.78, 5) is 13.6. The molecule has 0 aromatic carbocycles. The Kier molecular flexibility index (Phi) is 4.95. The number of rotatable bonds is 8. The minimum absolute atomic E-state index is 0.192. The molecule has 4 nitrogen and oxygen atoms in total. The molecule has 17 heavy (non-hydrogen) atoms. The van der Waals surface area contributed by atoms with Gasteiger partial charge >= 0.3 is 5.97 Å². The van der Waals surface area contributed by atoms with Gasteiger partial charge in [-0.1, -0.05) is 0 Å². The van der Waals surface area contributed by atoms with Crippen LogP contribution in [0.1, 0.15) is 46.5 Å². The van der Waals surface area contributed by atoms with E-state index in [0.717, 1.165) is 19.0 Å². The van der Waals surface area contributed by atoms with E-state index in [2.05, 4.69) is 17.3 Å². The molecule has 100 valence electrons. The molecule has 0 radical (unpaired) electrons. The Bertz CT molecular complexity index is 264. The van der Waals surface area contributed by atoms with Crippen LogP contribution in [0.2, 0.25) is 0 Å². The molecule has 0 amide bonds. The lowest BCUT2D eigenvalue weighted by Crippen LogP contribution is -2.52. The molecule has 0 spiro atoms. The van der Waals surface area contributed by atoms with E-state index in [4.69, 9.17) is 0 Å². The second-order valence-corrected chi connectivity index (χ2v) is 5.75. The van der Waals surface area contributed by atoms with Gasteiger partial charge in [0, 0.05) is 12.1 Å². The Labute approximate surface area is 104 Å². The van der Waals surface area contributed by atoms with Crippen molar-refractivity contribution in [1.29, 1.82) is 0 Å². The zero-order valence-corrected chi connectivity index (χ0v) is 11.5. The average molecular weight is 242 g/mol. The van der Waals surface area contributed by atoms with Gasteiger partial charge in [-0.05, 0) is 60.0 Å². The Morgan fingerprint density at radius 1 is 1.53 bits per heavy atom. The molecule has 0 bridgehead atoms. The number of carbonyl (C=O) groups is 1. The van der Waals surface area contributed by atoms with Gasteiger partial charge in [-0.25, -0.2) is 0 Å². The molecule has 1 unspecified atom stereocenters. The van der Waals surface area contributed by atoms with Crippen molar-refractivity contribution in [2.45, 2.75) is 64.1 Å². The zero-order valence-electron chi connectivity index (χ0n) is 11.5. The zero-order chi connectivity index (χ0) is 13.1. The highest BCUT2D eigenvalue weighted by molar-refractivity contribution is 5.78. The first-order valence-corrected chi connectivity index (χ1v) is 6.56. The highest BCUT2D eigenvalue weighted by Gasteiger charge is 2.33. The normalized spacial score (nSPS) is 19.6. The van der Waals surface area contributed by atoms with E-state index in [9.17, 15) is 9.90 Å². The van der Waals surface area contributed by atoms with Crippen LogP contribution in [-0.4, -0.2) is 47.2 Å². The molecule has 0 aromatic heterocycles. The van der Waals surface area contributed by atoms with Crippen molar-refractivity contribution >= 4 is 5.97 Å². The fraction of sp³-hybridized carbons (Fsp3) is 0.923. The van der Waals surface area contributed by atoms with E-state index in [-0.39, 0.29) is 6.04 Å². The van der Waals surface area contributed by atoms with Gasteiger partial charge in [0.05, 0.1) is 0 Å². The second kappa shape index (κ2) is 5.83. The van der Waals surface area contributed by atoms with Crippen LogP contribution in [0.3, 0.4) is 0 Å². The van der Waals surface area contributed by atoms with Crippen molar-refractivity contribution in [2.24, 2.45) is 0 Å². The van der Waals surface area contributed by atoms with Crippen molar-refractivity contribution in [3.8, 4) is 0 Å². The minimum atomic E-state index is -0.793. The molecule has 0 aliphatic heterocycles. The van der Waals surface area contributed by atoms with Crippen LogP contribution in [0.25, 0.3) is 0 Å². The number of nitrogens with zero attached hydrogens (tertiary/aromatic N) is 1. The molecule has 1 aliphatic carbocycles. The van der Waals surface area contributed by atoms with Crippen molar-refractivity contribution in [1.82, 2.24) is 10.2 Å². The Balaban J connectivity index is 2.35. The number of hydrogen-bond donors (Lipinski definition) is 2. The van der Waals surface area contributed by atoms with E-state index in [1.165, 1.54) is 12.8 Å². The third-order valence-corrected chi connectivity index (χ3v) is 3.44. The second-order valence-electron chi connectivity index (χ2n) is 5.75. The van der Waals surface area contributed by atoms with E-state index >= 15 is 0 Å². The van der Waals surface area contributed by atoms with Crippen molar-refractivity contribution in [2.75, 3.05) is 13.6 Å². The van der Waals surface area contributed by atoms with Gasteiger partial charge in [0.25, 0.3) is 0 Å². The quantitative estimate of drug-likeness (QED) is 0.680. The van der Waals surface area contributed by atoms with Crippen molar-refractivity contribution < 1.29 is 9.90 Å². The first kappa shape index (κ1) is 14.5. The standard InChI is InChI=1S/C13H26N2O2/c1-10(2)14-13(3,12(16)17)8-5-9-15(4)11-6-7-11/h10-11,14H,5-9H2,1-4H3,(H,16,17). The highest BCUT2D eigenvalue weighted by atomic mass is 16.4. The summed E-state index contributed by atoms with van der Waals surface area (Å²) >= 11 is 0. The minimum Gasteiger partial charge on any atom is -0.480 e. The van der Waals surface area contributed by atoms with E-state index in [1.807, 2.05) is 13.8 Å². The van der Waals surface area contributed by atoms with E-state index in [0.29, 0.717) is 6.42 Å². The lowest BCUT2D eigenvalue weighted by atomic mass is 9.94. The van der Waals surface area contributed by atoms with Gasteiger partial charge < -0.3 is 10.0 Å². The predicted molar refractivity (Wildman–Crippen MR) is 69.2 cm³/mol. The molecule has 1 rings (SSSR count). The van der Waals surface area contributed by atoms with E-state index < -0.39 is 11.5 Å². The molecule has 1 atom stereocenters. The first-order chi connectivity index (χ1) is 7.85. The Morgan fingerprint density at radius 2 is 2.12 bits per heavy atom. The molecular formula is C13H26N2O2. The van der Waals surface area contributed by atoms with Crippen LogP contribution >= 0.6 is 0 Å². The fourth-order valence-corrected chi connectivity index (χ4v) is 2.26. The maximum absolute atomic E-state index is 11.3. The topological polar surface area (TPSA) is 52.6 Å². The summed E-state index contributed by atoms with van der Waals surface area (Å²) in [5.41, 5.74) is -0.793. The molecular weight excluding hydrogens is 216 g/mol. The van der Waals surface area contributed by atoms with Crippen LogP contribution in [-0.2, 0) is 4.79 Å². The molecule has 0 aromatic rings. The van der Waals surface area contributed by atoms with Crippen LogP contribution in [0.5, 0.6) is 0 Å². The predicted octanol–water partition coefficient (Wildman–Crippen LogP) is 1.70. The molecule has 0 heterocycles. The van der Waals surface area contributed by atoms with Gasteiger partial charge in [-0.15, -0.1) is 0 Å². The number of carboxylic acid groups (broad SMARTS) is 1. The maximum atomic E-state index is 11.3. The first-order valence-electron chi connectivity index (χ1n) is 6.56. The summed E-state index contributed by atoms with van der Waals surface area (Å²) in [5.74, 6) is -0.750. The third kappa shape index (κ3) is 4.64. The average Bonchev–Trinajstić information content (AvgIpc) is 2.98. The SMILES string of the molecule is CC(C)NC(C)(CCCN(C)C1CC1)C(=O)O. The van der Waals surface area contributed by atoms with Gasteiger partial charge in [-0.3, -0.25) is 10.1 Å². The number of hydrogen-bond acceptors (Lipinski definition) is 3. The molecule has 4 heteroatoms. The monoisotopic (exact) mass is 242 g/mol. The molecule has 1 aliphatic rings. The van der Waals surface area contributed by atoms with Gasteiger partial charge in [0.2, 0.25) is 0 Å². The van der Waals surface area contributed by atoms with Gasteiger partial charge in [0.15, 0.2) is 0 Å². The third-order valence-electron chi connectivity index (χ3n) is 3.44. The lowest BCUT2D eigenvalue weighted by molar-refractivity contribution is -0.144. The summed E-state index contributed by atoms with van der Waals surface area (Å²) in [6, 6.07) is 0.946. The molecule has 1 saturated carbocycles. The summed E-state index contributed by atoms with van der Waals surface area (Å²) in [6.45, 7) is 6.74. The van der Waals surface area contributed by atoms with Crippen LogP contribution < -0.4 is 5.32 Å². The Morgan fingerprint density at radius 3 is 2.53 bits per heavy atom. The van der Waals surface area contributed by atoms with Crippen LogP contribution in [0.4, 0.5) is 0 Å². The smallest absolute Gasteiger partial charge is 0.323 e. The highest BCUT2D eigenvalue weighted by Crippen LogP contribution is 2.26. The molecule has 1 fully saturated rings. The lowest BCUT2D eigenvalue weighted by Gasteiger charge is -2.29. The van der Waals surface area contributed by atoms with Gasteiger partial charge in [0.1, 0.15) is 5.54 Å². The fourth-order valence-electron chi connectivity index (χ4n) is 2.26. The number of nitrogens with one attached hydrogen (secondary N) is 1. The number of carboxylic acids is 1. The molecule has 0 saturated heterocycles.